The second kappa shape index (κ2) is 5.10. The molecule has 1 heterocycles. The van der Waals surface area contributed by atoms with Gasteiger partial charge >= 0.3 is 0 Å². The maximum atomic E-state index is 12.2. The predicted octanol–water partition coefficient (Wildman–Crippen LogP) is 3.12. The van der Waals surface area contributed by atoms with Crippen molar-refractivity contribution in [1.82, 2.24) is 4.98 Å². The quantitative estimate of drug-likeness (QED) is 0.833. The van der Waals surface area contributed by atoms with Crippen molar-refractivity contribution in [2.75, 3.05) is 11.4 Å². The average Bonchev–Trinajstić information content (AvgIpc) is 2.86. The molecule has 0 saturated carbocycles. The third kappa shape index (κ3) is 2.53. The summed E-state index contributed by atoms with van der Waals surface area (Å²) < 4.78 is 0. The molecule has 0 unspecified atom stereocenters. The van der Waals surface area contributed by atoms with Crippen LogP contribution in [0.4, 0.5) is 5.69 Å². The number of carbonyl (C=O) groups excluding carboxylic acids is 1. The maximum Gasteiger partial charge on any atom is 0.277 e. The van der Waals surface area contributed by atoms with Crippen molar-refractivity contribution in [2.45, 2.75) is 13.8 Å². The van der Waals surface area contributed by atoms with Crippen LogP contribution in [0.1, 0.15) is 23.0 Å². The van der Waals surface area contributed by atoms with E-state index in [0.29, 0.717) is 12.2 Å². The molecule has 0 bridgehead atoms. The monoisotopic (exact) mass is 246 g/mol. The average molecular weight is 246 g/mol. The number of hydrogen-bond donors (Lipinski definition) is 0. The molecule has 0 spiro atoms. The number of nitrogens with zero attached hydrogens (tertiary/aromatic N) is 2. The molecule has 17 heavy (non-hydrogen) atoms. The summed E-state index contributed by atoms with van der Waals surface area (Å²) in [6.45, 7) is 4.63. The molecule has 4 heteroatoms. The van der Waals surface area contributed by atoms with E-state index in [1.807, 2.05) is 38.1 Å². The summed E-state index contributed by atoms with van der Waals surface area (Å²) in [5.74, 6) is -0.0439. The van der Waals surface area contributed by atoms with Gasteiger partial charge in [-0.3, -0.25) is 4.79 Å². The molecule has 88 valence electrons. The lowest BCUT2D eigenvalue weighted by molar-refractivity contribution is 0.0984. The van der Waals surface area contributed by atoms with Crippen LogP contribution >= 0.6 is 11.3 Å². The van der Waals surface area contributed by atoms with Crippen LogP contribution in [0.25, 0.3) is 0 Å². The fourth-order valence-electron chi connectivity index (χ4n) is 1.62. The highest BCUT2D eigenvalue weighted by atomic mass is 32.1. The third-order valence-electron chi connectivity index (χ3n) is 2.56. The summed E-state index contributed by atoms with van der Waals surface area (Å²) in [7, 11) is 0. The van der Waals surface area contributed by atoms with Gasteiger partial charge in [0, 0.05) is 17.6 Å². The van der Waals surface area contributed by atoms with Crippen molar-refractivity contribution in [3.8, 4) is 0 Å². The summed E-state index contributed by atoms with van der Waals surface area (Å²) in [5.41, 5.74) is 4.29. The van der Waals surface area contributed by atoms with Crippen LogP contribution in [0, 0.1) is 6.92 Å². The van der Waals surface area contributed by atoms with Gasteiger partial charge in [0.15, 0.2) is 0 Å². The number of aryl methyl sites for hydroxylation is 1. The van der Waals surface area contributed by atoms with Crippen molar-refractivity contribution in [3.63, 3.8) is 0 Å². The van der Waals surface area contributed by atoms with Gasteiger partial charge in [-0.15, -0.1) is 11.3 Å². The Kier molecular flexibility index (Phi) is 3.54. The van der Waals surface area contributed by atoms with E-state index in [-0.39, 0.29) is 5.91 Å². The zero-order valence-electron chi connectivity index (χ0n) is 9.88. The number of anilines is 1. The van der Waals surface area contributed by atoms with Gasteiger partial charge in [0.1, 0.15) is 5.69 Å². The highest BCUT2D eigenvalue weighted by Crippen LogP contribution is 2.17. The summed E-state index contributed by atoms with van der Waals surface area (Å²) in [6.07, 6.45) is 0. The molecule has 2 rings (SSSR count). The Hall–Kier alpha value is -1.68. The number of thiazole rings is 1. The fourth-order valence-corrected chi connectivity index (χ4v) is 2.15. The first-order valence-corrected chi connectivity index (χ1v) is 6.43. The maximum absolute atomic E-state index is 12.2. The minimum atomic E-state index is -0.0439. The normalized spacial score (nSPS) is 10.2. The zero-order chi connectivity index (χ0) is 12.3. The van der Waals surface area contributed by atoms with E-state index in [0.717, 1.165) is 5.69 Å². The molecule has 1 amide bonds. The number of hydrogen-bond acceptors (Lipinski definition) is 3. The topological polar surface area (TPSA) is 33.2 Å². The van der Waals surface area contributed by atoms with Crippen molar-refractivity contribution >= 4 is 22.9 Å². The first kappa shape index (κ1) is 11.8. The van der Waals surface area contributed by atoms with Crippen LogP contribution < -0.4 is 4.90 Å². The molecule has 3 nitrogen and oxygen atoms in total. The van der Waals surface area contributed by atoms with Crippen molar-refractivity contribution in [2.24, 2.45) is 0 Å². The summed E-state index contributed by atoms with van der Waals surface area (Å²) >= 11 is 1.43. The Balaban J connectivity index is 2.28. The summed E-state index contributed by atoms with van der Waals surface area (Å²) in [6, 6.07) is 7.94. The molecule has 0 atom stereocenters. The SMILES string of the molecule is CCN(C(=O)c1cscn1)c1ccc(C)cc1. The van der Waals surface area contributed by atoms with Crippen molar-refractivity contribution < 1.29 is 4.79 Å². The number of amides is 1. The Morgan fingerprint density at radius 1 is 1.35 bits per heavy atom. The van der Waals surface area contributed by atoms with Crippen LogP contribution in [0.5, 0.6) is 0 Å². The molecule has 0 aliphatic heterocycles. The van der Waals surface area contributed by atoms with E-state index in [4.69, 9.17) is 0 Å². The lowest BCUT2D eigenvalue weighted by atomic mass is 10.2. The van der Waals surface area contributed by atoms with E-state index in [1.165, 1.54) is 16.9 Å². The summed E-state index contributed by atoms with van der Waals surface area (Å²) in [5, 5.41) is 1.78. The van der Waals surface area contributed by atoms with Crippen LogP contribution in [0.2, 0.25) is 0 Å². The van der Waals surface area contributed by atoms with E-state index >= 15 is 0 Å². The molecular weight excluding hydrogens is 232 g/mol. The minimum absolute atomic E-state index is 0.0439. The lowest BCUT2D eigenvalue weighted by Gasteiger charge is -2.20. The Morgan fingerprint density at radius 2 is 2.06 bits per heavy atom. The molecule has 0 aliphatic rings. The lowest BCUT2D eigenvalue weighted by Crippen LogP contribution is -2.30. The van der Waals surface area contributed by atoms with Crippen LogP contribution in [-0.2, 0) is 0 Å². The van der Waals surface area contributed by atoms with Gasteiger partial charge in [-0.25, -0.2) is 4.98 Å². The van der Waals surface area contributed by atoms with E-state index in [2.05, 4.69) is 4.98 Å². The van der Waals surface area contributed by atoms with Gasteiger partial charge in [0.25, 0.3) is 5.91 Å². The smallest absolute Gasteiger partial charge is 0.277 e. The Bertz CT molecular complexity index is 491. The largest absolute Gasteiger partial charge is 0.307 e. The Morgan fingerprint density at radius 3 is 2.59 bits per heavy atom. The van der Waals surface area contributed by atoms with Gasteiger partial charge in [0.2, 0.25) is 0 Å². The molecule has 1 aromatic heterocycles. The first-order chi connectivity index (χ1) is 8.22. The van der Waals surface area contributed by atoms with E-state index in [1.54, 1.807) is 15.8 Å². The van der Waals surface area contributed by atoms with Gasteiger partial charge < -0.3 is 4.90 Å². The van der Waals surface area contributed by atoms with Gasteiger partial charge in [-0.05, 0) is 26.0 Å². The van der Waals surface area contributed by atoms with Crippen molar-refractivity contribution in [1.29, 1.82) is 0 Å². The fraction of sp³-hybridized carbons (Fsp3) is 0.231. The van der Waals surface area contributed by atoms with Crippen LogP contribution in [0.15, 0.2) is 35.2 Å². The molecule has 0 aliphatic carbocycles. The molecule has 0 radical (unpaired) electrons. The number of rotatable bonds is 3. The van der Waals surface area contributed by atoms with Crippen molar-refractivity contribution in [3.05, 3.63) is 46.4 Å². The number of benzene rings is 1. The standard InChI is InChI=1S/C13H14N2OS/c1-3-15(11-6-4-10(2)5-7-11)13(16)12-8-17-9-14-12/h4-9H,3H2,1-2H3. The van der Waals surface area contributed by atoms with Gasteiger partial charge in [-0.1, -0.05) is 17.7 Å². The second-order valence-corrected chi connectivity index (χ2v) is 4.48. The predicted molar refractivity (Wildman–Crippen MR) is 70.6 cm³/mol. The van der Waals surface area contributed by atoms with E-state index < -0.39 is 0 Å². The van der Waals surface area contributed by atoms with Gasteiger partial charge in [0.05, 0.1) is 5.51 Å². The van der Waals surface area contributed by atoms with Gasteiger partial charge in [-0.2, -0.15) is 0 Å². The molecular formula is C13H14N2OS. The molecule has 0 saturated heterocycles. The highest BCUT2D eigenvalue weighted by molar-refractivity contribution is 7.07. The molecule has 0 N–H and O–H groups in total. The Labute approximate surface area is 105 Å². The third-order valence-corrected chi connectivity index (χ3v) is 3.14. The first-order valence-electron chi connectivity index (χ1n) is 5.49. The molecule has 2 aromatic rings. The number of aromatic nitrogens is 1. The van der Waals surface area contributed by atoms with Crippen LogP contribution in [0.3, 0.4) is 0 Å². The zero-order valence-corrected chi connectivity index (χ0v) is 10.7. The second-order valence-electron chi connectivity index (χ2n) is 3.76. The molecule has 0 fully saturated rings. The number of carbonyl (C=O) groups is 1. The highest BCUT2D eigenvalue weighted by Gasteiger charge is 2.17. The summed E-state index contributed by atoms with van der Waals surface area (Å²) in [4.78, 5) is 18.0. The molecule has 1 aromatic carbocycles. The van der Waals surface area contributed by atoms with E-state index in [9.17, 15) is 4.79 Å². The van der Waals surface area contributed by atoms with Crippen LogP contribution in [-0.4, -0.2) is 17.4 Å². The minimum Gasteiger partial charge on any atom is -0.307 e.